The predicted octanol–water partition coefficient (Wildman–Crippen LogP) is 2.66. The summed E-state index contributed by atoms with van der Waals surface area (Å²) >= 11 is 0. The van der Waals surface area contributed by atoms with Crippen molar-refractivity contribution in [2.45, 2.75) is 44.4 Å². The van der Waals surface area contributed by atoms with Gasteiger partial charge in [-0.15, -0.1) is 0 Å². The summed E-state index contributed by atoms with van der Waals surface area (Å²) in [4.78, 5) is 0.220. The molecule has 0 aromatic heterocycles. The number of hydrogen-bond donors (Lipinski definition) is 2. The third-order valence-corrected chi connectivity index (χ3v) is 5.51. The lowest BCUT2D eigenvalue weighted by atomic mass is 10.1. The number of benzene rings is 1. The summed E-state index contributed by atoms with van der Waals surface area (Å²) in [7, 11) is -3.54. The van der Waals surface area contributed by atoms with E-state index in [1.807, 2.05) is 13.0 Å². The second kappa shape index (κ2) is 5.97. The number of nitrogens with one attached hydrogen (secondary N) is 1. The van der Waals surface area contributed by atoms with Crippen molar-refractivity contribution in [1.29, 1.82) is 0 Å². The maximum Gasteiger partial charge on any atom is 0.242 e. The lowest BCUT2D eigenvalue weighted by Crippen LogP contribution is -2.26. The zero-order valence-corrected chi connectivity index (χ0v) is 12.9. The molecule has 0 saturated carbocycles. The van der Waals surface area contributed by atoms with Gasteiger partial charge in [0.15, 0.2) is 0 Å². The third kappa shape index (κ3) is 3.22. The van der Waals surface area contributed by atoms with Crippen molar-refractivity contribution < 1.29 is 8.42 Å². The summed E-state index contributed by atoms with van der Waals surface area (Å²) in [5.74, 6) is 0. The van der Waals surface area contributed by atoms with Crippen LogP contribution in [0.2, 0.25) is 0 Å². The van der Waals surface area contributed by atoms with Gasteiger partial charge in [0.1, 0.15) is 4.90 Å². The largest absolute Gasteiger partial charge is 0.398 e. The molecule has 110 valence electrons. The molecule has 0 amide bonds. The van der Waals surface area contributed by atoms with E-state index in [1.54, 1.807) is 13.0 Å². The van der Waals surface area contributed by atoms with Crippen LogP contribution >= 0.6 is 0 Å². The monoisotopic (exact) mass is 294 g/mol. The average Bonchev–Trinajstić information content (AvgIpc) is 2.87. The van der Waals surface area contributed by atoms with Gasteiger partial charge in [0.2, 0.25) is 10.0 Å². The Balaban J connectivity index is 2.12. The molecule has 2 rings (SSSR count). The van der Waals surface area contributed by atoms with Gasteiger partial charge in [0.25, 0.3) is 0 Å². The van der Waals surface area contributed by atoms with Crippen LogP contribution in [0.4, 0.5) is 5.69 Å². The summed E-state index contributed by atoms with van der Waals surface area (Å²) < 4.78 is 27.4. The highest BCUT2D eigenvalue weighted by atomic mass is 32.2. The van der Waals surface area contributed by atoms with E-state index in [0.29, 0.717) is 12.2 Å². The summed E-state index contributed by atoms with van der Waals surface area (Å²) in [5.41, 5.74) is 9.14. The summed E-state index contributed by atoms with van der Waals surface area (Å²) in [5, 5.41) is 0. The minimum Gasteiger partial charge on any atom is -0.398 e. The number of allylic oxidation sites excluding steroid dienone is 1. The van der Waals surface area contributed by atoms with E-state index in [-0.39, 0.29) is 4.90 Å². The Bertz CT molecular complexity index is 634. The van der Waals surface area contributed by atoms with E-state index < -0.39 is 10.0 Å². The smallest absolute Gasteiger partial charge is 0.242 e. The van der Waals surface area contributed by atoms with Crippen molar-refractivity contribution in [3.8, 4) is 0 Å². The van der Waals surface area contributed by atoms with Gasteiger partial charge >= 0.3 is 0 Å². The van der Waals surface area contributed by atoms with Crippen molar-refractivity contribution in [3.05, 3.63) is 34.9 Å². The van der Waals surface area contributed by atoms with E-state index in [9.17, 15) is 8.42 Å². The first-order chi connectivity index (χ1) is 9.42. The van der Waals surface area contributed by atoms with Gasteiger partial charge in [-0.1, -0.05) is 17.7 Å². The lowest BCUT2D eigenvalue weighted by molar-refractivity contribution is 0.581. The maximum atomic E-state index is 12.4. The van der Waals surface area contributed by atoms with Crippen LogP contribution in [-0.4, -0.2) is 15.0 Å². The fourth-order valence-corrected chi connectivity index (χ4v) is 4.01. The van der Waals surface area contributed by atoms with Crippen molar-refractivity contribution in [2.24, 2.45) is 0 Å². The van der Waals surface area contributed by atoms with Crippen molar-refractivity contribution in [2.75, 3.05) is 12.3 Å². The Morgan fingerprint density at radius 3 is 2.70 bits per heavy atom. The molecule has 20 heavy (non-hydrogen) atoms. The molecule has 0 saturated heterocycles. The van der Waals surface area contributed by atoms with Crippen molar-refractivity contribution in [3.63, 3.8) is 0 Å². The zero-order valence-electron chi connectivity index (χ0n) is 12.1. The zero-order chi connectivity index (χ0) is 14.8. The molecule has 0 atom stereocenters. The first kappa shape index (κ1) is 15.1. The standard InChI is InChI=1S/C15H22N2O2S/c1-11-7-8-14(16)15(12(11)2)20(18,19)17-10-9-13-5-3-4-6-13/h5,7-8,17H,3-4,6,9-10,16H2,1-2H3. The number of nitrogen functional groups attached to an aromatic ring is 1. The second-order valence-electron chi connectivity index (χ2n) is 5.33. The lowest BCUT2D eigenvalue weighted by Gasteiger charge is -2.13. The second-order valence-corrected chi connectivity index (χ2v) is 7.03. The summed E-state index contributed by atoms with van der Waals surface area (Å²) in [6, 6.07) is 3.49. The third-order valence-electron chi connectivity index (χ3n) is 3.85. The van der Waals surface area contributed by atoms with Gasteiger partial charge in [-0.3, -0.25) is 0 Å². The molecule has 1 aliphatic rings. The molecule has 0 spiro atoms. The Morgan fingerprint density at radius 1 is 1.30 bits per heavy atom. The highest BCUT2D eigenvalue weighted by molar-refractivity contribution is 7.89. The first-order valence-corrected chi connectivity index (χ1v) is 8.43. The van der Waals surface area contributed by atoms with E-state index in [1.165, 1.54) is 12.0 Å². The number of hydrogen-bond acceptors (Lipinski definition) is 3. The van der Waals surface area contributed by atoms with Crippen LogP contribution in [0, 0.1) is 13.8 Å². The molecule has 0 bridgehead atoms. The van der Waals surface area contributed by atoms with Crippen LogP contribution in [-0.2, 0) is 10.0 Å². The van der Waals surface area contributed by atoms with E-state index >= 15 is 0 Å². The van der Waals surface area contributed by atoms with E-state index in [4.69, 9.17) is 5.73 Å². The Morgan fingerprint density at radius 2 is 2.05 bits per heavy atom. The Labute approximate surface area is 121 Å². The number of sulfonamides is 1. The molecule has 0 aliphatic heterocycles. The average molecular weight is 294 g/mol. The fourth-order valence-electron chi connectivity index (χ4n) is 2.55. The molecule has 5 heteroatoms. The van der Waals surface area contributed by atoms with Gasteiger partial charge < -0.3 is 5.73 Å². The van der Waals surface area contributed by atoms with Gasteiger partial charge in [-0.05, 0) is 56.7 Å². The quantitative estimate of drug-likeness (QED) is 0.648. The number of rotatable bonds is 5. The number of anilines is 1. The number of aryl methyl sites for hydroxylation is 1. The fraction of sp³-hybridized carbons (Fsp3) is 0.467. The van der Waals surface area contributed by atoms with Crippen molar-refractivity contribution in [1.82, 2.24) is 4.72 Å². The van der Waals surface area contributed by atoms with Crippen LogP contribution in [0.25, 0.3) is 0 Å². The highest BCUT2D eigenvalue weighted by Gasteiger charge is 2.20. The molecular weight excluding hydrogens is 272 g/mol. The molecule has 4 nitrogen and oxygen atoms in total. The van der Waals surface area contributed by atoms with Gasteiger partial charge in [0, 0.05) is 6.54 Å². The molecule has 1 aromatic carbocycles. The summed E-state index contributed by atoms with van der Waals surface area (Å²) in [6.07, 6.45) is 6.38. The van der Waals surface area contributed by atoms with Crippen LogP contribution in [0.5, 0.6) is 0 Å². The van der Waals surface area contributed by atoms with Crippen molar-refractivity contribution >= 4 is 15.7 Å². The molecule has 1 aliphatic carbocycles. The van der Waals surface area contributed by atoms with Crippen LogP contribution < -0.4 is 10.5 Å². The van der Waals surface area contributed by atoms with E-state index in [0.717, 1.165) is 30.4 Å². The Hall–Kier alpha value is -1.33. The van der Waals surface area contributed by atoms with Crippen LogP contribution in [0.15, 0.2) is 28.7 Å². The first-order valence-electron chi connectivity index (χ1n) is 6.95. The van der Waals surface area contributed by atoms with Crippen LogP contribution in [0.1, 0.15) is 36.8 Å². The minimum absolute atomic E-state index is 0.220. The minimum atomic E-state index is -3.54. The van der Waals surface area contributed by atoms with Gasteiger partial charge in [-0.2, -0.15) is 0 Å². The summed E-state index contributed by atoms with van der Waals surface area (Å²) in [6.45, 7) is 4.11. The normalized spacial score (nSPS) is 15.4. The molecular formula is C15H22N2O2S. The molecule has 1 aromatic rings. The maximum absolute atomic E-state index is 12.4. The van der Waals surface area contributed by atoms with Crippen LogP contribution in [0.3, 0.4) is 0 Å². The number of nitrogens with two attached hydrogens (primary N) is 1. The Kier molecular flexibility index (Phi) is 4.50. The predicted molar refractivity (Wildman–Crippen MR) is 82.1 cm³/mol. The van der Waals surface area contributed by atoms with Gasteiger partial charge in [-0.25, -0.2) is 13.1 Å². The molecule has 0 fully saturated rings. The molecule has 0 radical (unpaired) electrons. The van der Waals surface area contributed by atoms with E-state index in [2.05, 4.69) is 10.8 Å². The van der Waals surface area contributed by atoms with Gasteiger partial charge in [0.05, 0.1) is 5.69 Å². The SMILES string of the molecule is Cc1ccc(N)c(S(=O)(=O)NCCC2=CCCC2)c1C. The molecule has 3 N–H and O–H groups in total. The highest BCUT2D eigenvalue weighted by Crippen LogP contribution is 2.25. The topological polar surface area (TPSA) is 72.2 Å². The molecule has 0 unspecified atom stereocenters. The molecule has 0 heterocycles.